The molecular weight excluding hydrogens is 355 g/mol. The van der Waals surface area contributed by atoms with Crippen LogP contribution in [0.15, 0.2) is 16.1 Å². The lowest BCUT2D eigenvalue weighted by Gasteiger charge is -2.09. The van der Waals surface area contributed by atoms with Crippen molar-refractivity contribution in [3.05, 3.63) is 20.3 Å². The monoisotopic (exact) mass is 362 g/mol. The van der Waals surface area contributed by atoms with Crippen molar-refractivity contribution in [2.75, 3.05) is 5.88 Å². The Bertz CT molecular complexity index is 513. The summed E-state index contributed by atoms with van der Waals surface area (Å²) in [6.07, 6.45) is 1.07. The molecule has 1 aromatic heterocycles. The standard InChI is InChI=1S/C7H8ClIN2O3S/c1-4(2-8)15(13,14)7-5(9)6(12)10-3-11-7/h3-4H,2H2,1H3,(H,10,11,12). The molecule has 1 heterocycles. The summed E-state index contributed by atoms with van der Waals surface area (Å²) < 4.78 is 23.7. The van der Waals surface area contributed by atoms with E-state index < -0.39 is 20.6 Å². The van der Waals surface area contributed by atoms with Crippen LogP contribution in [0.5, 0.6) is 0 Å². The summed E-state index contributed by atoms with van der Waals surface area (Å²) in [5.41, 5.74) is -0.467. The zero-order valence-electron chi connectivity index (χ0n) is 7.70. The first-order valence-corrected chi connectivity index (χ1v) is 7.10. The van der Waals surface area contributed by atoms with Crippen molar-refractivity contribution < 1.29 is 8.42 Å². The molecule has 8 heteroatoms. The third kappa shape index (κ3) is 2.51. The van der Waals surface area contributed by atoms with E-state index in [1.807, 2.05) is 0 Å². The van der Waals surface area contributed by atoms with Crippen LogP contribution in [0.3, 0.4) is 0 Å². The average Bonchev–Trinajstić information content (AvgIpc) is 2.20. The third-order valence-corrected chi connectivity index (χ3v) is 5.87. The van der Waals surface area contributed by atoms with Crippen molar-refractivity contribution in [1.29, 1.82) is 0 Å². The number of hydrogen-bond acceptors (Lipinski definition) is 4. The molecule has 1 unspecified atom stereocenters. The minimum absolute atomic E-state index is 0.0348. The van der Waals surface area contributed by atoms with Crippen LogP contribution in [0.1, 0.15) is 6.92 Å². The number of aromatic amines is 1. The number of halogens is 2. The van der Waals surface area contributed by atoms with Gasteiger partial charge in [-0.3, -0.25) is 4.79 Å². The lowest BCUT2D eigenvalue weighted by atomic mass is 10.6. The van der Waals surface area contributed by atoms with E-state index in [0.29, 0.717) is 0 Å². The van der Waals surface area contributed by atoms with Gasteiger partial charge in [0.15, 0.2) is 5.03 Å². The summed E-state index contributed by atoms with van der Waals surface area (Å²) in [4.78, 5) is 17.2. The molecule has 1 atom stereocenters. The van der Waals surface area contributed by atoms with E-state index in [0.717, 1.165) is 6.33 Å². The molecule has 5 nitrogen and oxygen atoms in total. The first kappa shape index (κ1) is 12.9. The van der Waals surface area contributed by atoms with Crippen LogP contribution in [-0.4, -0.2) is 29.5 Å². The SMILES string of the molecule is CC(CCl)S(=O)(=O)c1nc[nH]c(=O)c1I. The smallest absolute Gasteiger partial charge is 0.265 e. The van der Waals surface area contributed by atoms with Crippen LogP contribution in [0.4, 0.5) is 0 Å². The molecule has 0 amide bonds. The van der Waals surface area contributed by atoms with Gasteiger partial charge >= 0.3 is 0 Å². The maximum Gasteiger partial charge on any atom is 0.265 e. The van der Waals surface area contributed by atoms with Crippen LogP contribution in [0.2, 0.25) is 0 Å². The Morgan fingerprint density at radius 3 is 2.80 bits per heavy atom. The van der Waals surface area contributed by atoms with Crippen LogP contribution in [0.25, 0.3) is 0 Å². The molecule has 0 radical (unpaired) electrons. The van der Waals surface area contributed by atoms with Crippen molar-refractivity contribution >= 4 is 44.0 Å². The topological polar surface area (TPSA) is 79.9 Å². The van der Waals surface area contributed by atoms with Crippen LogP contribution in [0, 0.1) is 3.57 Å². The maximum atomic E-state index is 11.8. The second-order valence-electron chi connectivity index (χ2n) is 2.86. The van der Waals surface area contributed by atoms with Gasteiger partial charge < -0.3 is 4.98 Å². The first-order chi connectivity index (χ1) is 6.91. The van der Waals surface area contributed by atoms with Crippen molar-refractivity contribution in [3.8, 4) is 0 Å². The van der Waals surface area contributed by atoms with E-state index in [9.17, 15) is 13.2 Å². The van der Waals surface area contributed by atoms with Gasteiger partial charge in [-0.05, 0) is 29.5 Å². The number of alkyl halides is 1. The third-order valence-electron chi connectivity index (χ3n) is 1.78. The number of H-pyrrole nitrogens is 1. The van der Waals surface area contributed by atoms with Crippen molar-refractivity contribution in [2.45, 2.75) is 17.2 Å². The summed E-state index contributed by atoms with van der Waals surface area (Å²) in [7, 11) is -3.61. The highest BCUT2D eigenvalue weighted by Crippen LogP contribution is 2.17. The number of sulfone groups is 1. The van der Waals surface area contributed by atoms with E-state index in [1.165, 1.54) is 6.92 Å². The number of aromatic nitrogens is 2. The zero-order valence-corrected chi connectivity index (χ0v) is 11.4. The van der Waals surface area contributed by atoms with Gasteiger partial charge in [-0.2, -0.15) is 0 Å². The molecule has 0 fully saturated rings. The molecule has 0 saturated heterocycles. The molecule has 0 aliphatic rings. The predicted octanol–water partition coefficient (Wildman–Crippen LogP) is 0.776. The number of nitrogens with one attached hydrogen (secondary N) is 1. The van der Waals surface area contributed by atoms with E-state index in [1.54, 1.807) is 22.6 Å². The van der Waals surface area contributed by atoms with E-state index in [4.69, 9.17) is 11.6 Å². The summed E-state index contributed by atoms with van der Waals surface area (Å²) in [6, 6.07) is 0. The lowest BCUT2D eigenvalue weighted by molar-refractivity contribution is 0.582. The number of hydrogen-bond donors (Lipinski definition) is 1. The largest absolute Gasteiger partial charge is 0.312 e. The Hall–Kier alpha value is -0.150. The molecule has 0 bridgehead atoms. The summed E-state index contributed by atoms with van der Waals surface area (Å²) >= 11 is 7.13. The highest BCUT2D eigenvalue weighted by Gasteiger charge is 2.27. The van der Waals surface area contributed by atoms with E-state index in [2.05, 4.69) is 9.97 Å². The highest BCUT2D eigenvalue weighted by molar-refractivity contribution is 14.1. The van der Waals surface area contributed by atoms with Crippen molar-refractivity contribution in [3.63, 3.8) is 0 Å². The molecule has 1 N–H and O–H groups in total. The van der Waals surface area contributed by atoms with Gasteiger partial charge in [-0.15, -0.1) is 11.6 Å². The van der Waals surface area contributed by atoms with Gasteiger partial charge in [0.05, 0.1) is 11.6 Å². The molecule has 0 saturated carbocycles. The molecule has 84 valence electrons. The van der Waals surface area contributed by atoms with Crippen molar-refractivity contribution in [2.24, 2.45) is 0 Å². The minimum atomic E-state index is -3.61. The Labute approximate surface area is 105 Å². The first-order valence-electron chi connectivity index (χ1n) is 3.94. The fraction of sp³-hybridized carbons (Fsp3) is 0.429. The van der Waals surface area contributed by atoms with Gasteiger partial charge in [-0.25, -0.2) is 13.4 Å². The minimum Gasteiger partial charge on any atom is -0.312 e. The van der Waals surface area contributed by atoms with E-state index >= 15 is 0 Å². The Kier molecular flexibility index (Phi) is 4.13. The second kappa shape index (κ2) is 4.79. The molecule has 1 rings (SSSR count). The average molecular weight is 363 g/mol. The van der Waals surface area contributed by atoms with Crippen LogP contribution < -0.4 is 5.56 Å². The number of nitrogens with zero attached hydrogens (tertiary/aromatic N) is 1. The summed E-state index contributed by atoms with van der Waals surface area (Å²) in [6.45, 7) is 1.47. The molecule has 15 heavy (non-hydrogen) atoms. The van der Waals surface area contributed by atoms with Crippen molar-refractivity contribution in [1.82, 2.24) is 9.97 Å². The van der Waals surface area contributed by atoms with Gasteiger partial charge in [0, 0.05) is 5.88 Å². The fourth-order valence-electron chi connectivity index (χ4n) is 0.839. The van der Waals surface area contributed by atoms with Gasteiger partial charge in [-0.1, -0.05) is 0 Å². The van der Waals surface area contributed by atoms with E-state index in [-0.39, 0.29) is 14.5 Å². The Morgan fingerprint density at radius 1 is 1.67 bits per heavy atom. The fourth-order valence-corrected chi connectivity index (χ4v) is 3.64. The quantitative estimate of drug-likeness (QED) is 0.489. The highest BCUT2D eigenvalue weighted by atomic mass is 127. The Balaban J connectivity index is 3.41. The zero-order chi connectivity index (χ0) is 11.6. The van der Waals surface area contributed by atoms with Crippen LogP contribution in [-0.2, 0) is 9.84 Å². The number of rotatable bonds is 3. The van der Waals surface area contributed by atoms with Gasteiger partial charge in [0.2, 0.25) is 9.84 Å². The molecule has 0 aromatic carbocycles. The normalized spacial score (nSPS) is 13.8. The van der Waals surface area contributed by atoms with Gasteiger partial charge in [0.1, 0.15) is 3.57 Å². The maximum absolute atomic E-state index is 11.8. The second-order valence-corrected chi connectivity index (χ2v) is 6.53. The van der Waals surface area contributed by atoms with Gasteiger partial charge in [0.25, 0.3) is 5.56 Å². The van der Waals surface area contributed by atoms with Crippen LogP contribution >= 0.6 is 34.2 Å². The molecule has 1 aromatic rings. The summed E-state index contributed by atoms with van der Waals surface area (Å²) in [5.74, 6) is -0.0348. The predicted molar refractivity (Wildman–Crippen MR) is 64.9 cm³/mol. The Morgan fingerprint density at radius 2 is 2.27 bits per heavy atom. The molecular formula is C7H8ClIN2O3S. The molecule has 0 spiro atoms. The summed E-state index contributed by atoms with van der Waals surface area (Å²) in [5, 5.41) is -0.970. The lowest BCUT2D eigenvalue weighted by Crippen LogP contribution is -2.25. The molecule has 0 aliphatic heterocycles. The molecule has 0 aliphatic carbocycles.